The molecule has 0 aliphatic carbocycles. The molecule has 1 fully saturated rings. The van der Waals surface area contributed by atoms with Gasteiger partial charge in [0.05, 0.1) is 18.8 Å². The summed E-state index contributed by atoms with van der Waals surface area (Å²) in [4.78, 5) is 0. The van der Waals surface area contributed by atoms with Crippen molar-refractivity contribution in [3.63, 3.8) is 0 Å². The molecular formula is C9H18O3. The fourth-order valence-electron chi connectivity index (χ4n) is 1.62. The molecule has 1 aliphatic rings. The van der Waals surface area contributed by atoms with E-state index in [0.29, 0.717) is 12.7 Å². The minimum absolute atomic E-state index is 0.115. The van der Waals surface area contributed by atoms with E-state index in [4.69, 9.17) is 14.2 Å². The van der Waals surface area contributed by atoms with E-state index < -0.39 is 0 Å². The van der Waals surface area contributed by atoms with E-state index in [0.717, 1.165) is 12.8 Å². The third-order valence-corrected chi connectivity index (χ3v) is 2.31. The molecule has 12 heavy (non-hydrogen) atoms. The van der Waals surface area contributed by atoms with Crippen LogP contribution in [0.3, 0.4) is 0 Å². The Morgan fingerprint density at radius 3 is 2.67 bits per heavy atom. The molecule has 0 aromatic heterocycles. The van der Waals surface area contributed by atoms with Gasteiger partial charge in [-0.25, -0.2) is 0 Å². The quantitative estimate of drug-likeness (QED) is 0.643. The molecule has 1 unspecified atom stereocenters. The van der Waals surface area contributed by atoms with Crippen LogP contribution < -0.4 is 0 Å². The van der Waals surface area contributed by atoms with Gasteiger partial charge >= 0.3 is 0 Å². The summed E-state index contributed by atoms with van der Waals surface area (Å²) in [5.41, 5.74) is 0. The summed E-state index contributed by atoms with van der Waals surface area (Å²) in [5.74, 6) is 0. The Balaban J connectivity index is 2.40. The first-order valence-corrected chi connectivity index (χ1v) is 4.45. The number of ether oxygens (including phenoxy) is 3. The van der Waals surface area contributed by atoms with Crippen molar-refractivity contribution in [2.45, 2.75) is 38.1 Å². The minimum atomic E-state index is 0.115. The molecule has 0 spiro atoms. The van der Waals surface area contributed by atoms with Crippen LogP contribution in [0.1, 0.15) is 19.8 Å². The standard InChI is InChI=1S/C9H18O3/c1-7-4-5-8(11-3)9(12-7)6-10-2/h7-9H,4-6H2,1-3H3/t7?,8-,9-/m1/s1. The van der Waals surface area contributed by atoms with Crippen molar-refractivity contribution < 1.29 is 14.2 Å². The number of rotatable bonds is 3. The molecule has 72 valence electrons. The van der Waals surface area contributed by atoms with Gasteiger partial charge in [0.1, 0.15) is 6.10 Å². The van der Waals surface area contributed by atoms with Crippen molar-refractivity contribution in [1.29, 1.82) is 0 Å². The first-order chi connectivity index (χ1) is 5.77. The Labute approximate surface area is 74.0 Å². The summed E-state index contributed by atoms with van der Waals surface area (Å²) < 4.78 is 16.0. The smallest absolute Gasteiger partial charge is 0.107 e. The van der Waals surface area contributed by atoms with E-state index in [9.17, 15) is 0 Å². The average molecular weight is 174 g/mol. The lowest BCUT2D eigenvalue weighted by Crippen LogP contribution is -2.41. The van der Waals surface area contributed by atoms with Crippen LogP contribution >= 0.6 is 0 Å². The topological polar surface area (TPSA) is 27.7 Å². The van der Waals surface area contributed by atoms with Gasteiger partial charge in [0, 0.05) is 14.2 Å². The maximum atomic E-state index is 5.68. The predicted octanol–water partition coefficient (Wildman–Crippen LogP) is 1.22. The highest BCUT2D eigenvalue weighted by Gasteiger charge is 2.28. The van der Waals surface area contributed by atoms with Crippen LogP contribution in [0.4, 0.5) is 0 Å². The Morgan fingerprint density at radius 2 is 2.08 bits per heavy atom. The van der Waals surface area contributed by atoms with Crippen LogP contribution in [0, 0.1) is 0 Å². The van der Waals surface area contributed by atoms with Gasteiger partial charge in [0.25, 0.3) is 0 Å². The van der Waals surface area contributed by atoms with Crippen molar-refractivity contribution in [3.8, 4) is 0 Å². The molecule has 0 aromatic rings. The summed E-state index contributed by atoms with van der Waals surface area (Å²) >= 11 is 0. The second kappa shape index (κ2) is 4.80. The second-order valence-corrected chi connectivity index (χ2v) is 3.29. The van der Waals surface area contributed by atoms with Crippen LogP contribution in [-0.4, -0.2) is 39.1 Å². The first kappa shape index (κ1) is 9.96. The molecule has 1 heterocycles. The molecule has 0 saturated carbocycles. The van der Waals surface area contributed by atoms with Gasteiger partial charge in [-0.1, -0.05) is 0 Å². The molecule has 0 aromatic carbocycles. The SMILES string of the molecule is COC[C@H]1OC(C)CC[C@H]1OC. The molecule has 0 N–H and O–H groups in total. The van der Waals surface area contributed by atoms with Crippen LogP contribution in [-0.2, 0) is 14.2 Å². The largest absolute Gasteiger partial charge is 0.382 e. The zero-order valence-electron chi connectivity index (χ0n) is 8.08. The molecule has 0 amide bonds. The summed E-state index contributed by atoms with van der Waals surface area (Å²) in [6.45, 7) is 2.72. The summed E-state index contributed by atoms with van der Waals surface area (Å²) in [7, 11) is 3.42. The summed E-state index contributed by atoms with van der Waals surface area (Å²) in [6, 6.07) is 0. The van der Waals surface area contributed by atoms with Gasteiger partial charge in [0.15, 0.2) is 0 Å². The molecule has 3 heteroatoms. The normalized spacial score (nSPS) is 36.8. The van der Waals surface area contributed by atoms with Gasteiger partial charge in [-0.3, -0.25) is 0 Å². The zero-order chi connectivity index (χ0) is 8.97. The Morgan fingerprint density at radius 1 is 1.33 bits per heavy atom. The van der Waals surface area contributed by atoms with Gasteiger partial charge in [-0.2, -0.15) is 0 Å². The molecule has 1 rings (SSSR count). The molecular weight excluding hydrogens is 156 g/mol. The fraction of sp³-hybridized carbons (Fsp3) is 1.00. The predicted molar refractivity (Wildman–Crippen MR) is 46.2 cm³/mol. The Bertz CT molecular complexity index is 127. The fourth-order valence-corrected chi connectivity index (χ4v) is 1.62. The van der Waals surface area contributed by atoms with Crippen molar-refractivity contribution in [2.24, 2.45) is 0 Å². The van der Waals surface area contributed by atoms with Crippen molar-refractivity contribution in [2.75, 3.05) is 20.8 Å². The van der Waals surface area contributed by atoms with E-state index in [1.165, 1.54) is 0 Å². The molecule has 0 bridgehead atoms. The number of hydrogen-bond donors (Lipinski definition) is 0. The highest BCUT2D eigenvalue weighted by molar-refractivity contribution is 4.77. The van der Waals surface area contributed by atoms with Crippen LogP contribution in [0.2, 0.25) is 0 Å². The monoisotopic (exact) mass is 174 g/mol. The third kappa shape index (κ3) is 2.44. The molecule has 3 nitrogen and oxygen atoms in total. The second-order valence-electron chi connectivity index (χ2n) is 3.29. The Kier molecular flexibility index (Phi) is 3.98. The maximum Gasteiger partial charge on any atom is 0.107 e. The van der Waals surface area contributed by atoms with E-state index >= 15 is 0 Å². The maximum absolute atomic E-state index is 5.68. The lowest BCUT2D eigenvalue weighted by molar-refractivity contribution is -0.143. The molecule has 3 atom stereocenters. The highest BCUT2D eigenvalue weighted by atomic mass is 16.6. The van der Waals surface area contributed by atoms with Crippen molar-refractivity contribution in [3.05, 3.63) is 0 Å². The van der Waals surface area contributed by atoms with E-state index in [2.05, 4.69) is 6.92 Å². The lowest BCUT2D eigenvalue weighted by Gasteiger charge is -2.33. The van der Waals surface area contributed by atoms with Crippen LogP contribution in [0.15, 0.2) is 0 Å². The summed E-state index contributed by atoms with van der Waals surface area (Å²) in [5, 5.41) is 0. The Hall–Kier alpha value is -0.120. The first-order valence-electron chi connectivity index (χ1n) is 4.45. The lowest BCUT2D eigenvalue weighted by atomic mass is 10.0. The van der Waals surface area contributed by atoms with Gasteiger partial charge in [-0.05, 0) is 19.8 Å². The van der Waals surface area contributed by atoms with Crippen molar-refractivity contribution >= 4 is 0 Å². The van der Waals surface area contributed by atoms with Crippen LogP contribution in [0.5, 0.6) is 0 Å². The van der Waals surface area contributed by atoms with Crippen LogP contribution in [0.25, 0.3) is 0 Å². The van der Waals surface area contributed by atoms with E-state index in [1.807, 2.05) is 0 Å². The average Bonchev–Trinajstić information content (AvgIpc) is 2.05. The molecule has 0 radical (unpaired) electrons. The summed E-state index contributed by atoms with van der Waals surface area (Å²) in [6.07, 6.45) is 2.83. The van der Waals surface area contributed by atoms with Gasteiger partial charge < -0.3 is 14.2 Å². The molecule has 1 saturated heterocycles. The van der Waals surface area contributed by atoms with Gasteiger partial charge in [-0.15, -0.1) is 0 Å². The third-order valence-electron chi connectivity index (χ3n) is 2.31. The van der Waals surface area contributed by atoms with E-state index in [1.54, 1.807) is 14.2 Å². The molecule has 1 aliphatic heterocycles. The highest BCUT2D eigenvalue weighted by Crippen LogP contribution is 2.21. The van der Waals surface area contributed by atoms with E-state index in [-0.39, 0.29) is 12.2 Å². The number of hydrogen-bond acceptors (Lipinski definition) is 3. The van der Waals surface area contributed by atoms with Crippen molar-refractivity contribution in [1.82, 2.24) is 0 Å². The van der Waals surface area contributed by atoms with Gasteiger partial charge in [0.2, 0.25) is 0 Å². The minimum Gasteiger partial charge on any atom is -0.382 e. The number of methoxy groups -OCH3 is 2. The zero-order valence-corrected chi connectivity index (χ0v) is 8.08.